The average molecular weight is 285 g/mol. The molecule has 1 aromatic rings. The molecule has 1 rings (SSSR count). The number of nitrogens with one attached hydrogen (secondary N) is 1. The molecule has 0 spiro atoms. The Morgan fingerprint density at radius 2 is 2.10 bits per heavy atom. The SMILES string of the molecule is COC(=O)c1cc(NC(C)C(N)=O)c([N+](=O)[O-])cc1F. The summed E-state index contributed by atoms with van der Waals surface area (Å²) in [4.78, 5) is 32.3. The summed E-state index contributed by atoms with van der Waals surface area (Å²) in [6.45, 7) is 1.37. The number of esters is 1. The van der Waals surface area contributed by atoms with Crippen LogP contribution in [0.1, 0.15) is 17.3 Å². The van der Waals surface area contributed by atoms with E-state index in [9.17, 15) is 24.1 Å². The summed E-state index contributed by atoms with van der Waals surface area (Å²) in [6.07, 6.45) is 0. The van der Waals surface area contributed by atoms with Gasteiger partial charge in [0.1, 0.15) is 17.5 Å². The Bertz CT molecular complexity index is 575. The maximum atomic E-state index is 13.6. The molecule has 1 unspecified atom stereocenters. The Labute approximate surface area is 112 Å². The maximum Gasteiger partial charge on any atom is 0.340 e. The number of nitrogens with zero attached hydrogens (tertiary/aromatic N) is 1. The van der Waals surface area contributed by atoms with Gasteiger partial charge in [0.15, 0.2) is 0 Å². The van der Waals surface area contributed by atoms with Crippen LogP contribution in [0, 0.1) is 15.9 Å². The van der Waals surface area contributed by atoms with Crippen LogP contribution in [-0.4, -0.2) is 30.0 Å². The molecule has 108 valence electrons. The van der Waals surface area contributed by atoms with E-state index in [0.29, 0.717) is 6.07 Å². The Morgan fingerprint density at radius 3 is 2.55 bits per heavy atom. The molecule has 1 atom stereocenters. The van der Waals surface area contributed by atoms with Crippen LogP contribution in [0.4, 0.5) is 15.8 Å². The number of rotatable bonds is 5. The zero-order valence-electron chi connectivity index (χ0n) is 10.7. The highest BCUT2D eigenvalue weighted by Gasteiger charge is 2.24. The summed E-state index contributed by atoms with van der Waals surface area (Å²) in [5.74, 6) is -2.85. The first-order valence-electron chi connectivity index (χ1n) is 5.40. The molecule has 0 saturated carbocycles. The van der Waals surface area contributed by atoms with Crippen LogP contribution < -0.4 is 11.1 Å². The van der Waals surface area contributed by atoms with Gasteiger partial charge in [-0.1, -0.05) is 0 Å². The van der Waals surface area contributed by atoms with Gasteiger partial charge in [-0.15, -0.1) is 0 Å². The van der Waals surface area contributed by atoms with Crippen molar-refractivity contribution >= 4 is 23.3 Å². The van der Waals surface area contributed by atoms with E-state index in [-0.39, 0.29) is 5.69 Å². The first kappa shape index (κ1) is 15.3. The van der Waals surface area contributed by atoms with Gasteiger partial charge in [-0.2, -0.15) is 0 Å². The zero-order valence-corrected chi connectivity index (χ0v) is 10.7. The topological polar surface area (TPSA) is 125 Å². The number of halogens is 1. The van der Waals surface area contributed by atoms with E-state index in [1.54, 1.807) is 0 Å². The number of nitro groups is 1. The molecular weight excluding hydrogens is 273 g/mol. The van der Waals surface area contributed by atoms with Crippen molar-refractivity contribution in [1.82, 2.24) is 0 Å². The van der Waals surface area contributed by atoms with E-state index in [0.717, 1.165) is 13.2 Å². The number of primary amides is 1. The summed E-state index contributed by atoms with van der Waals surface area (Å²) in [5.41, 5.74) is 3.71. The summed E-state index contributed by atoms with van der Waals surface area (Å²) in [6, 6.07) is 0.533. The van der Waals surface area contributed by atoms with Crippen molar-refractivity contribution in [3.05, 3.63) is 33.6 Å². The fourth-order valence-electron chi connectivity index (χ4n) is 1.40. The minimum absolute atomic E-state index is 0.205. The van der Waals surface area contributed by atoms with Crippen molar-refractivity contribution < 1.29 is 23.6 Å². The Balaban J connectivity index is 3.34. The second-order valence-corrected chi connectivity index (χ2v) is 3.87. The van der Waals surface area contributed by atoms with Gasteiger partial charge in [-0.25, -0.2) is 9.18 Å². The van der Waals surface area contributed by atoms with E-state index >= 15 is 0 Å². The molecular formula is C11H12FN3O5. The third-order valence-electron chi connectivity index (χ3n) is 2.49. The molecule has 0 heterocycles. The number of ether oxygens (including phenoxy) is 1. The monoisotopic (exact) mass is 285 g/mol. The minimum atomic E-state index is -1.10. The summed E-state index contributed by atoms with van der Waals surface area (Å²) >= 11 is 0. The summed E-state index contributed by atoms with van der Waals surface area (Å²) < 4.78 is 18.0. The third-order valence-corrected chi connectivity index (χ3v) is 2.49. The van der Waals surface area contributed by atoms with E-state index in [1.165, 1.54) is 6.92 Å². The lowest BCUT2D eigenvalue weighted by atomic mass is 10.1. The maximum absolute atomic E-state index is 13.6. The molecule has 0 radical (unpaired) electrons. The van der Waals surface area contributed by atoms with Crippen LogP contribution in [0.25, 0.3) is 0 Å². The molecule has 0 fully saturated rings. The first-order chi connectivity index (χ1) is 9.27. The first-order valence-corrected chi connectivity index (χ1v) is 5.40. The molecule has 0 aromatic heterocycles. The van der Waals surface area contributed by atoms with Crippen molar-refractivity contribution in [2.75, 3.05) is 12.4 Å². The lowest BCUT2D eigenvalue weighted by molar-refractivity contribution is -0.384. The Morgan fingerprint density at radius 1 is 1.50 bits per heavy atom. The van der Waals surface area contributed by atoms with Crippen molar-refractivity contribution in [1.29, 1.82) is 0 Å². The van der Waals surface area contributed by atoms with Crippen molar-refractivity contribution in [2.24, 2.45) is 5.73 Å². The molecule has 0 aliphatic rings. The summed E-state index contributed by atoms with van der Waals surface area (Å²) in [7, 11) is 1.04. The third kappa shape index (κ3) is 3.19. The number of nitrogens with two attached hydrogens (primary N) is 1. The van der Waals surface area contributed by atoms with Gasteiger partial charge in [0.05, 0.1) is 23.7 Å². The van der Waals surface area contributed by atoms with Crippen molar-refractivity contribution in [3.63, 3.8) is 0 Å². The van der Waals surface area contributed by atoms with Crippen LogP contribution in [0.15, 0.2) is 12.1 Å². The minimum Gasteiger partial charge on any atom is -0.465 e. The fraction of sp³-hybridized carbons (Fsp3) is 0.273. The number of hydrogen-bond acceptors (Lipinski definition) is 6. The van der Waals surface area contributed by atoms with Crippen molar-refractivity contribution in [2.45, 2.75) is 13.0 Å². The Hall–Kier alpha value is -2.71. The number of hydrogen-bond donors (Lipinski definition) is 2. The molecule has 3 N–H and O–H groups in total. The Kier molecular flexibility index (Phi) is 4.57. The zero-order chi connectivity index (χ0) is 15.4. The van der Waals surface area contributed by atoms with Crippen LogP contribution in [-0.2, 0) is 9.53 Å². The number of benzene rings is 1. The molecule has 1 amide bonds. The lowest BCUT2D eigenvalue weighted by Crippen LogP contribution is -2.32. The van der Waals surface area contributed by atoms with E-state index in [4.69, 9.17) is 5.73 Å². The second-order valence-electron chi connectivity index (χ2n) is 3.87. The number of carbonyl (C=O) groups is 2. The number of methoxy groups -OCH3 is 1. The van der Waals surface area contributed by atoms with Gasteiger partial charge in [0.25, 0.3) is 5.69 Å². The highest BCUT2D eigenvalue weighted by Crippen LogP contribution is 2.28. The molecule has 9 heteroatoms. The lowest BCUT2D eigenvalue weighted by Gasteiger charge is -2.13. The molecule has 8 nitrogen and oxygen atoms in total. The average Bonchev–Trinajstić information content (AvgIpc) is 2.38. The highest BCUT2D eigenvalue weighted by atomic mass is 19.1. The molecule has 0 bridgehead atoms. The van der Waals surface area contributed by atoms with Crippen LogP contribution in [0.2, 0.25) is 0 Å². The quantitative estimate of drug-likeness (QED) is 0.468. The van der Waals surface area contributed by atoms with Gasteiger partial charge in [-0.3, -0.25) is 14.9 Å². The largest absolute Gasteiger partial charge is 0.465 e. The molecule has 0 aliphatic heterocycles. The smallest absolute Gasteiger partial charge is 0.340 e. The number of anilines is 1. The van der Waals surface area contributed by atoms with Gasteiger partial charge in [0, 0.05) is 0 Å². The predicted molar refractivity (Wildman–Crippen MR) is 66.7 cm³/mol. The molecule has 0 aliphatic carbocycles. The molecule has 0 saturated heterocycles. The fourth-order valence-corrected chi connectivity index (χ4v) is 1.40. The van der Waals surface area contributed by atoms with Gasteiger partial charge >= 0.3 is 5.97 Å². The van der Waals surface area contributed by atoms with Crippen LogP contribution in [0.5, 0.6) is 0 Å². The van der Waals surface area contributed by atoms with Crippen molar-refractivity contribution in [3.8, 4) is 0 Å². The van der Waals surface area contributed by atoms with Crippen LogP contribution >= 0.6 is 0 Å². The van der Waals surface area contributed by atoms with Gasteiger partial charge in [-0.05, 0) is 13.0 Å². The normalized spacial score (nSPS) is 11.6. The van der Waals surface area contributed by atoms with E-state index < -0.39 is 39.9 Å². The van der Waals surface area contributed by atoms with Crippen LogP contribution in [0.3, 0.4) is 0 Å². The number of nitro benzene ring substituents is 1. The number of amides is 1. The number of carbonyl (C=O) groups excluding carboxylic acids is 2. The second kappa shape index (κ2) is 5.95. The molecule has 20 heavy (non-hydrogen) atoms. The predicted octanol–water partition coefficient (Wildman–Crippen LogP) is 0.806. The standard InChI is InChI=1S/C11H12FN3O5/c1-5(10(13)16)14-8-3-6(11(17)20-2)7(12)4-9(8)15(18)19/h3-5,14H,1-2H3,(H2,13,16). The van der Waals surface area contributed by atoms with Gasteiger partial charge < -0.3 is 15.8 Å². The van der Waals surface area contributed by atoms with Gasteiger partial charge in [0.2, 0.25) is 5.91 Å². The van der Waals surface area contributed by atoms with E-state index in [2.05, 4.69) is 10.1 Å². The van der Waals surface area contributed by atoms with E-state index in [1.807, 2.05) is 0 Å². The summed E-state index contributed by atoms with van der Waals surface area (Å²) in [5, 5.41) is 13.3. The molecule has 1 aromatic carbocycles. The highest BCUT2D eigenvalue weighted by molar-refractivity contribution is 5.92.